The second-order valence-corrected chi connectivity index (χ2v) is 6.28. The molecule has 0 radical (unpaired) electrons. The Hall–Kier alpha value is -3.10. The summed E-state index contributed by atoms with van der Waals surface area (Å²) in [5.41, 5.74) is -0.408. The zero-order valence-corrected chi connectivity index (χ0v) is 14.0. The molecule has 0 saturated carbocycles. The van der Waals surface area contributed by atoms with E-state index in [4.69, 9.17) is 0 Å². The average molecular weight is 345 g/mol. The summed E-state index contributed by atoms with van der Waals surface area (Å²) >= 11 is 0. The molecule has 9 heteroatoms. The van der Waals surface area contributed by atoms with Gasteiger partial charge in [0.25, 0.3) is 11.6 Å². The van der Waals surface area contributed by atoms with Crippen LogP contribution in [0.15, 0.2) is 22.1 Å². The van der Waals surface area contributed by atoms with Crippen molar-refractivity contribution in [3.05, 3.63) is 54.6 Å². The van der Waals surface area contributed by atoms with Crippen LogP contribution in [-0.4, -0.2) is 45.0 Å². The van der Waals surface area contributed by atoms with E-state index in [1.165, 1.54) is 34.0 Å². The van der Waals surface area contributed by atoms with Crippen LogP contribution in [0.25, 0.3) is 0 Å². The molecule has 1 aromatic heterocycles. The number of Topliss-reactive ketones (excluding diaryl/α,β-unsaturated/α-hetero) is 2. The fourth-order valence-corrected chi connectivity index (χ4v) is 3.56. The van der Waals surface area contributed by atoms with Gasteiger partial charge < -0.3 is 9.47 Å². The minimum absolute atomic E-state index is 0.0527. The monoisotopic (exact) mass is 345 g/mol. The number of aryl methyl sites for hydroxylation is 1. The van der Waals surface area contributed by atoms with E-state index in [1.54, 1.807) is 0 Å². The summed E-state index contributed by atoms with van der Waals surface area (Å²) < 4.78 is 1.06. The maximum Gasteiger partial charge on any atom is 0.302 e. The van der Waals surface area contributed by atoms with E-state index in [1.807, 2.05) is 0 Å². The fraction of sp³-hybridized carbons (Fsp3) is 0.375. The van der Waals surface area contributed by atoms with Crippen molar-refractivity contribution in [1.82, 2.24) is 9.47 Å². The third-order valence-electron chi connectivity index (χ3n) is 4.87. The van der Waals surface area contributed by atoms with Gasteiger partial charge in [-0.1, -0.05) is 6.92 Å². The lowest BCUT2D eigenvalue weighted by Gasteiger charge is -2.36. The molecule has 0 fully saturated rings. The van der Waals surface area contributed by atoms with Gasteiger partial charge in [0.05, 0.1) is 11.5 Å². The molecule has 0 saturated heterocycles. The van der Waals surface area contributed by atoms with Crippen molar-refractivity contribution in [2.75, 3.05) is 7.05 Å². The van der Waals surface area contributed by atoms with Gasteiger partial charge in [0.15, 0.2) is 5.78 Å². The van der Waals surface area contributed by atoms with Crippen molar-refractivity contribution in [1.29, 1.82) is 0 Å². The second-order valence-electron chi connectivity index (χ2n) is 6.28. The van der Waals surface area contributed by atoms with Crippen molar-refractivity contribution in [3.63, 3.8) is 0 Å². The highest BCUT2D eigenvalue weighted by Crippen LogP contribution is 2.38. The maximum absolute atomic E-state index is 13.0. The first-order chi connectivity index (χ1) is 11.6. The molecule has 130 valence electrons. The molecule has 0 bridgehead atoms. The lowest BCUT2D eigenvalue weighted by Crippen LogP contribution is -2.53. The van der Waals surface area contributed by atoms with E-state index in [2.05, 4.69) is 0 Å². The Kier molecular flexibility index (Phi) is 3.48. The van der Waals surface area contributed by atoms with Crippen LogP contribution in [-0.2, 0) is 11.8 Å². The van der Waals surface area contributed by atoms with Gasteiger partial charge in [-0.25, -0.2) is 0 Å². The minimum Gasteiger partial charge on any atom is -0.308 e. The molecule has 0 aromatic carbocycles. The third-order valence-corrected chi connectivity index (χ3v) is 4.87. The number of nitrogens with zero attached hydrogens (tertiary/aromatic N) is 3. The zero-order chi connectivity index (χ0) is 18.8. The summed E-state index contributed by atoms with van der Waals surface area (Å²) in [6, 6.07) is -0.391. The predicted octanol–water partition coefficient (Wildman–Crippen LogP) is 0.0802. The van der Waals surface area contributed by atoms with Crippen LogP contribution in [0.4, 0.5) is 0 Å². The third kappa shape index (κ3) is 2.01. The van der Waals surface area contributed by atoms with Gasteiger partial charge in [-0.2, -0.15) is 0 Å². The topological polar surface area (TPSA) is 120 Å². The van der Waals surface area contributed by atoms with Crippen molar-refractivity contribution < 1.29 is 19.3 Å². The van der Waals surface area contributed by atoms with Crippen molar-refractivity contribution >= 4 is 17.5 Å². The zero-order valence-electron chi connectivity index (χ0n) is 14.0. The SMILES string of the molecule is Cc1cc(=O)n(C)c2c1C(=O)C1=C(C2=O)N(C)C(=O)C([N+](=O)[O-])C1C. The number of allylic oxidation sites excluding steroid dienone is 1. The molecule has 9 nitrogen and oxygen atoms in total. The molecule has 25 heavy (non-hydrogen) atoms. The molecule has 1 amide bonds. The molecule has 2 aliphatic rings. The lowest BCUT2D eigenvalue weighted by atomic mass is 9.76. The maximum atomic E-state index is 13.0. The highest BCUT2D eigenvalue weighted by molar-refractivity contribution is 6.28. The highest BCUT2D eigenvalue weighted by Gasteiger charge is 2.52. The van der Waals surface area contributed by atoms with Crippen LogP contribution in [0.1, 0.15) is 33.3 Å². The molecule has 3 rings (SSSR count). The Morgan fingerprint density at radius 3 is 2.28 bits per heavy atom. The molecule has 1 aromatic rings. The van der Waals surface area contributed by atoms with Gasteiger partial charge in [0.1, 0.15) is 11.4 Å². The highest BCUT2D eigenvalue weighted by atomic mass is 16.6. The van der Waals surface area contributed by atoms with E-state index in [0.29, 0.717) is 5.56 Å². The van der Waals surface area contributed by atoms with Gasteiger partial charge in [0, 0.05) is 30.7 Å². The van der Waals surface area contributed by atoms with Crippen LogP contribution in [0.5, 0.6) is 0 Å². The summed E-state index contributed by atoms with van der Waals surface area (Å²) in [6.07, 6.45) is 0. The molecule has 0 N–H and O–H groups in total. The average Bonchev–Trinajstić information content (AvgIpc) is 2.51. The van der Waals surface area contributed by atoms with Crippen molar-refractivity contribution in [3.8, 4) is 0 Å². The van der Waals surface area contributed by atoms with E-state index in [-0.39, 0.29) is 22.5 Å². The molecule has 0 spiro atoms. The number of fused-ring (bicyclic) bond motifs is 1. The molecular formula is C16H15N3O6. The Balaban J connectivity index is 2.36. The van der Waals surface area contributed by atoms with Crippen molar-refractivity contribution in [2.24, 2.45) is 13.0 Å². The number of carbonyl (C=O) groups is 3. The number of carbonyl (C=O) groups excluding carboxylic acids is 3. The van der Waals surface area contributed by atoms with Crippen LogP contribution in [0.2, 0.25) is 0 Å². The predicted molar refractivity (Wildman–Crippen MR) is 84.8 cm³/mol. The summed E-state index contributed by atoms with van der Waals surface area (Å²) in [5, 5.41) is 11.3. The first kappa shape index (κ1) is 16.7. The normalized spacial score (nSPS) is 22.9. The van der Waals surface area contributed by atoms with Crippen LogP contribution in [0, 0.1) is 23.0 Å². The van der Waals surface area contributed by atoms with E-state index in [9.17, 15) is 29.3 Å². The smallest absolute Gasteiger partial charge is 0.302 e. The lowest BCUT2D eigenvalue weighted by molar-refractivity contribution is -0.515. The number of amides is 1. The second kappa shape index (κ2) is 5.20. The number of rotatable bonds is 1. The van der Waals surface area contributed by atoms with E-state index in [0.717, 1.165) is 9.47 Å². The molecular weight excluding hydrogens is 330 g/mol. The van der Waals surface area contributed by atoms with E-state index >= 15 is 0 Å². The van der Waals surface area contributed by atoms with Gasteiger partial charge in [-0.15, -0.1) is 0 Å². The molecule has 2 atom stereocenters. The number of hydrogen-bond donors (Lipinski definition) is 0. The van der Waals surface area contributed by atoms with Gasteiger partial charge in [-0.05, 0) is 12.5 Å². The largest absolute Gasteiger partial charge is 0.308 e. The summed E-state index contributed by atoms with van der Waals surface area (Å²) in [4.78, 5) is 61.7. The molecule has 2 unspecified atom stereocenters. The molecule has 1 aliphatic heterocycles. The van der Waals surface area contributed by atoms with Crippen molar-refractivity contribution in [2.45, 2.75) is 19.9 Å². The summed E-state index contributed by atoms with van der Waals surface area (Å²) in [7, 11) is 2.59. The number of pyridine rings is 1. The number of likely N-dealkylation sites (N-methyl/N-ethyl adjacent to an activating group) is 1. The Morgan fingerprint density at radius 2 is 1.72 bits per heavy atom. The molecule has 1 aliphatic carbocycles. The Morgan fingerprint density at radius 1 is 1.12 bits per heavy atom. The Bertz CT molecular complexity index is 971. The van der Waals surface area contributed by atoms with Crippen LogP contribution < -0.4 is 5.56 Å². The molecule has 2 heterocycles. The number of ketones is 2. The van der Waals surface area contributed by atoms with E-state index < -0.39 is 39.9 Å². The first-order valence-corrected chi connectivity index (χ1v) is 7.54. The standard InChI is InChI=1S/C16H15N3O6/c1-6-5-8(20)17(3)12-9(6)14(21)10-7(2)11(19(24)25)16(23)18(4)13(10)15(12)22/h5,7,11H,1-4H3. The fourth-order valence-electron chi connectivity index (χ4n) is 3.56. The Labute approximate surface area is 141 Å². The first-order valence-electron chi connectivity index (χ1n) is 7.54. The van der Waals surface area contributed by atoms with Gasteiger partial charge in [-0.3, -0.25) is 29.3 Å². The number of hydrogen-bond acceptors (Lipinski definition) is 6. The summed E-state index contributed by atoms with van der Waals surface area (Å²) in [6.45, 7) is 2.92. The van der Waals surface area contributed by atoms with Gasteiger partial charge >= 0.3 is 5.91 Å². The van der Waals surface area contributed by atoms with Crippen LogP contribution in [0.3, 0.4) is 0 Å². The van der Waals surface area contributed by atoms with Crippen LogP contribution >= 0.6 is 0 Å². The number of aromatic nitrogens is 1. The quantitative estimate of drug-likeness (QED) is 0.525. The minimum atomic E-state index is -1.63. The summed E-state index contributed by atoms with van der Waals surface area (Å²) in [5.74, 6) is -3.12. The number of nitro groups is 1. The van der Waals surface area contributed by atoms with Gasteiger partial charge in [0.2, 0.25) is 5.78 Å².